The van der Waals surface area contributed by atoms with Crippen molar-refractivity contribution in [3.05, 3.63) is 52.6 Å². The van der Waals surface area contributed by atoms with E-state index in [1.54, 1.807) is 12.1 Å². The highest BCUT2D eigenvalue weighted by Crippen LogP contribution is 2.39. The largest absolute Gasteiger partial charge is 0.507 e. The van der Waals surface area contributed by atoms with E-state index >= 15 is 0 Å². The molecule has 0 aliphatic heterocycles. The third-order valence-electron chi connectivity index (χ3n) is 4.29. The van der Waals surface area contributed by atoms with E-state index in [-0.39, 0.29) is 40.4 Å². The van der Waals surface area contributed by atoms with Gasteiger partial charge in [0.1, 0.15) is 11.5 Å². The number of ketones is 2. The molecule has 26 heavy (non-hydrogen) atoms. The molecule has 2 aromatic carbocycles. The molecule has 0 aromatic heterocycles. The van der Waals surface area contributed by atoms with Gasteiger partial charge in [0.15, 0.2) is 11.6 Å². The van der Waals surface area contributed by atoms with Crippen molar-refractivity contribution in [1.82, 2.24) is 5.32 Å². The third kappa shape index (κ3) is 3.14. The Morgan fingerprint density at radius 1 is 0.808 bits per heavy atom. The lowest BCUT2D eigenvalue weighted by Crippen LogP contribution is -2.24. The number of carbonyl (C=O) groups is 2. The molecular weight excluding hydrogens is 336 g/mol. The molecule has 0 unspecified atom stereocenters. The van der Waals surface area contributed by atoms with Crippen LogP contribution in [0.25, 0.3) is 0 Å². The highest BCUT2D eigenvalue weighted by atomic mass is 16.3. The Morgan fingerprint density at radius 2 is 1.50 bits per heavy atom. The van der Waals surface area contributed by atoms with Gasteiger partial charge in [0.2, 0.25) is 0 Å². The average Bonchev–Trinajstić information content (AvgIpc) is 2.64. The van der Waals surface area contributed by atoms with Crippen molar-refractivity contribution in [1.29, 1.82) is 0 Å². The number of hydrogen-bond donors (Lipinski definition) is 5. The Morgan fingerprint density at radius 3 is 2.19 bits per heavy atom. The number of hydrogen-bond acceptors (Lipinski definition) is 7. The van der Waals surface area contributed by atoms with Crippen LogP contribution in [0.15, 0.2) is 30.3 Å². The number of fused-ring (bicyclic) bond motifs is 2. The Labute approximate surface area is 150 Å². The SMILES string of the molecule is O=C1c2cccc(NCCCNCCO)c2C(=O)c2c(O)ccc(O)c21. The molecule has 1 aliphatic carbocycles. The minimum atomic E-state index is -0.496. The summed E-state index contributed by atoms with van der Waals surface area (Å²) in [6.07, 6.45) is 0.758. The van der Waals surface area contributed by atoms with Crippen molar-refractivity contribution in [3.63, 3.8) is 0 Å². The van der Waals surface area contributed by atoms with Gasteiger partial charge < -0.3 is 26.0 Å². The number of benzene rings is 2. The standard InChI is InChI=1S/C19H20N2O5/c22-10-9-20-7-2-8-21-12-4-1-3-11-15(12)19(26)17-14(24)6-5-13(23)16(17)18(11)25/h1,3-6,20-24H,2,7-10H2. The molecular formula is C19H20N2O5. The lowest BCUT2D eigenvalue weighted by Gasteiger charge is -2.22. The quantitative estimate of drug-likeness (QED) is 0.319. The summed E-state index contributed by atoms with van der Waals surface area (Å²) in [5, 5.41) is 35.0. The first-order valence-electron chi connectivity index (χ1n) is 8.39. The first-order valence-corrected chi connectivity index (χ1v) is 8.39. The number of nitrogens with one attached hydrogen (secondary N) is 2. The van der Waals surface area contributed by atoms with Gasteiger partial charge in [-0.1, -0.05) is 12.1 Å². The highest BCUT2D eigenvalue weighted by Gasteiger charge is 2.35. The second kappa shape index (κ2) is 7.55. The normalized spacial score (nSPS) is 12.7. The van der Waals surface area contributed by atoms with E-state index in [0.717, 1.165) is 6.42 Å². The van der Waals surface area contributed by atoms with Crippen LogP contribution >= 0.6 is 0 Å². The number of rotatable bonds is 7. The zero-order valence-electron chi connectivity index (χ0n) is 14.1. The zero-order chi connectivity index (χ0) is 18.7. The Hall–Kier alpha value is -2.90. The molecule has 0 saturated carbocycles. The van der Waals surface area contributed by atoms with Crippen LogP contribution in [-0.4, -0.2) is 53.1 Å². The summed E-state index contributed by atoms with van der Waals surface area (Å²) in [4.78, 5) is 25.7. The number of aliphatic hydroxyl groups excluding tert-OH is 1. The molecule has 0 saturated heterocycles. The van der Waals surface area contributed by atoms with Gasteiger partial charge in [-0.2, -0.15) is 0 Å². The molecule has 0 bridgehead atoms. The molecule has 1 aliphatic rings. The van der Waals surface area contributed by atoms with E-state index in [4.69, 9.17) is 5.11 Å². The van der Waals surface area contributed by atoms with Gasteiger partial charge in [-0.15, -0.1) is 0 Å². The van der Waals surface area contributed by atoms with Gasteiger partial charge in [0, 0.05) is 24.3 Å². The average molecular weight is 356 g/mol. The van der Waals surface area contributed by atoms with E-state index in [1.165, 1.54) is 18.2 Å². The second-order valence-corrected chi connectivity index (χ2v) is 5.99. The number of anilines is 1. The smallest absolute Gasteiger partial charge is 0.200 e. The fourth-order valence-electron chi connectivity index (χ4n) is 3.07. The fourth-order valence-corrected chi connectivity index (χ4v) is 3.07. The number of phenolic OH excluding ortho intramolecular Hbond substituents is 2. The van der Waals surface area contributed by atoms with Crippen molar-refractivity contribution in [2.24, 2.45) is 0 Å². The van der Waals surface area contributed by atoms with Gasteiger partial charge in [-0.25, -0.2) is 0 Å². The van der Waals surface area contributed by atoms with Crippen LogP contribution in [0.3, 0.4) is 0 Å². The molecule has 3 rings (SSSR count). The molecule has 0 spiro atoms. The van der Waals surface area contributed by atoms with Gasteiger partial charge in [-0.05, 0) is 31.2 Å². The highest BCUT2D eigenvalue weighted by molar-refractivity contribution is 6.31. The van der Waals surface area contributed by atoms with Crippen molar-refractivity contribution in [2.75, 3.05) is 31.6 Å². The minimum absolute atomic E-state index is 0.0754. The van der Waals surface area contributed by atoms with E-state index < -0.39 is 11.6 Å². The van der Waals surface area contributed by atoms with E-state index in [9.17, 15) is 19.8 Å². The summed E-state index contributed by atoms with van der Waals surface area (Å²) in [6.45, 7) is 1.86. The first-order chi connectivity index (χ1) is 12.6. The predicted molar refractivity (Wildman–Crippen MR) is 96.1 cm³/mol. The zero-order valence-corrected chi connectivity index (χ0v) is 14.1. The molecule has 0 fully saturated rings. The summed E-state index contributed by atoms with van der Waals surface area (Å²) in [7, 11) is 0. The summed E-state index contributed by atoms with van der Waals surface area (Å²) >= 11 is 0. The lowest BCUT2D eigenvalue weighted by atomic mass is 9.82. The van der Waals surface area contributed by atoms with Crippen LogP contribution in [0.2, 0.25) is 0 Å². The van der Waals surface area contributed by atoms with Crippen molar-refractivity contribution < 1.29 is 24.9 Å². The van der Waals surface area contributed by atoms with Crippen molar-refractivity contribution in [2.45, 2.75) is 6.42 Å². The lowest BCUT2D eigenvalue weighted by molar-refractivity contribution is 0.0974. The monoisotopic (exact) mass is 356 g/mol. The Kier molecular flexibility index (Phi) is 5.20. The molecule has 0 radical (unpaired) electrons. The summed E-state index contributed by atoms with van der Waals surface area (Å²) < 4.78 is 0. The molecule has 5 N–H and O–H groups in total. The van der Waals surface area contributed by atoms with Crippen LogP contribution in [0.5, 0.6) is 11.5 Å². The minimum Gasteiger partial charge on any atom is -0.507 e. The van der Waals surface area contributed by atoms with E-state index in [2.05, 4.69) is 10.6 Å². The molecule has 0 atom stereocenters. The molecule has 0 amide bonds. The second-order valence-electron chi connectivity index (χ2n) is 5.99. The van der Waals surface area contributed by atoms with Gasteiger partial charge in [0.25, 0.3) is 0 Å². The summed E-state index contributed by atoms with van der Waals surface area (Å²) in [5.41, 5.74) is 0.589. The number of carbonyl (C=O) groups excluding carboxylic acids is 2. The van der Waals surface area contributed by atoms with E-state index in [0.29, 0.717) is 25.3 Å². The van der Waals surface area contributed by atoms with Gasteiger partial charge in [0.05, 0.1) is 23.3 Å². The van der Waals surface area contributed by atoms with Crippen molar-refractivity contribution in [3.8, 4) is 11.5 Å². The maximum Gasteiger partial charge on any atom is 0.200 e. The van der Waals surface area contributed by atoms with Crippen LogP contribution in [0, 0.1) is 0 Å². The first kappa shape index (κ1) is 17.9. The van der Waals surface area contributed by atoms with E-state index in [1.807, 2.05) is 0 Å². The fraction of sp³-hybridized carbons (Fsp3) is 0.263. The predicted octanol–water partition coefficient (Wildman–Crippen LogP) is 1.26. The van der Waals surface area contributed by atoms with Crippen LogP contribution in [0.1, 0.15) is 38.3 Å². The Balaban J connectivity index is 1.89. The third-order valence-corrected chi connectivity index (χ3v) is 4.29. The Bertz CT molecular complexity index is 863. The topological polar surface area (TPSA) is 119 Å². The maximum absolute atomic E-state index is 12.9. The van der Waals surface area contributed by atoms with Gasteiger partial charge >= 0.3 is 0 Å². The summed E-state index contributed by atoms with van der Waals surface area (Å²) in [6, 6.07) is 7.31. The maximum atomic E-state index is 12.9. The molecule has 0 heterocycles. The number of aliphatic hydroxyl groups is 1. The number of phenols is 2. The van der Waals surface area contributed by atoms with Crippen LogP contribution < -0.4 is 10.6 Å². The molecule has 7 heteroatoms. The van der Waals surface area contributed by atoms with Crippen molar-refractivity contribution >= 4 is 17.3 Å². The summed E-state index contributed by atoms with van der Waals surface area (Å²) in [5.74, 6) is -1.64. The molecule has 136 valence electrons. The number of aromatic hydroxyl groups is 2. The van der Waals surface area contributed by atoms with Crippen LogP contribution in [0.4, 0.5) is 5.69 Å². The van der Waals surface area contributed by atoms with Crippen LogP contribution in [-0.2, 0) is 0 Å². The van der Waals surface area contributed by atoms with Gasteiger partial charge in [-0.3, -0.25) is 9.59 Å². The molecule has 7 nitrogen and oxygen atoms in total. The molecule has 2 aromatic rings.